The molecule has 1 aliphatic rings. The molecular formula is C28H32N2O4S. The molecule has 0 bridgehead atoms. The number of benzene rings is 3. The molecule has 1 N–H and O–H groups in total. The molecule has 0 aliphatic carbocycles. The molecule has 1 atom stereocenters. The van der Waals surface area contributed by atoms with Crippen LogP contribution in [0.25, 0.3) is 0 Å². The molecule has 3 aromatic rings. The summed E-state index contributed by atoms with van der Waals surface area (Å²) < 4.78 is 34.7. The third kappa shape index (κ3) is 5.20. The van der Waals surface area contributed by atoms with Crippen LogP contribution in [-0.4, -0.2) is 26.5 Å². The van der Waals surface area contributed by atoms with E-state index in [-0.39, 0.29) is 29.0 Å². The van der Waals surface area contributed by atoms with Gasteiger partial charge in [0.15, 0.2) is 0 Å². The zero-order valence-electron chi connectivity index (χ0n) is 20.4. The molecule has 1 aliphatic heterocycles. The Morgan fingerprint density at radius 1 is 0.971 bits per heavy atom. The van der Waals surface area contributed by atoms with Crippen LogP contribution in [0, 0.1) is 6.92 Å². The van der Waals surface area contributed by atoms with Gasteiger partial charge in [-0.1, -0.05) is 67.9 Å². The summed E-state index contributed by atoms with van der Waals surface area (Å²) in [5.41, 5.74) is 1.98. The largest absolute Gasteiger partial charge is 0.487 e. The molecule has 1 amide bonds. The van der Waals surface area contributed by atoms with Crippen LogP contribution in [0.4, 0.5) is 5.69 Å². The Morgan fingerprint density at radius 3 is 2.26 bits per heavy atom. The fourth-order valence-electron chi connectivity index (χ4n) is 4.55. The zero-order chi connectivity index (χ0) is 25.1. The van der Waals surface area contributed by atoms with Gasteiger partial charge in [-0.25, -0.2) is 8.42 Å². The van der Waals surface area contributed by atoms with Gasteiger partial charge >= 0.3 is 0 Å². The summed E-state index contributed by atoms with van der Waals surface area (Å²) >= 11 is 0. The van der Waals surface area contributed by atoms with E-state index in [9.17, 15) is 13.2 Å². The van der Waals surface area contributed by atoms with Gasteiger partial charge in [0.05, 0.1) is 16.6 Å². The predicted molar refractivity (Wildman–Crippen MR) is 138 cm³/mol. The Labute approximate surface area is 208 Å². The average molecular weight is 493 g/mol. The predicted octanol–water partition coefficient (Wildman–Crippen LogP) is 5.39. The quantitative estimate of drug-likeness (QED) is 0.458. The first-order valence-corrected chi connectivity index (χ1v) is 13.4. The summed E-state index contributed by atoms with van der Waals surface area (Å²) in [7, 11) is -3.95. The van der Waals surface area contributed by atoms with Gasteiger partial charge in [-0.05, 0) is 50.1 Å². The molecule has 35 heavy (non-hydrogen) atoms. The molecule has 0 aromatic heterocycles. The first kappa shape index (κ1) is 24.8. The molecule has 0 saturated heterocycles. The number of fused-ring (bicyclic) bond motifs is 1. The lowest BCUT2D eigenvalue weighted by Gasteiger charge is -2.41. The molecule has 4 rings (SSSR count). The number of rotatable bonds is 8. The molecular weight excluding hydrogens is 460 g/mol. The maximum atomic E-state index is 13.6. The molecule has 0 spiro atoms. The summed E-state index contributed by atoms with van der Waals surface area (Å²) in [4.78, 5) is 13.5. The molecule has 0 saturated carbocycles. The minimum atomic E-state index is -3.95. The van der Waals surface area contributed by atoms with Gasteiger partial charge in [0.1, 0.15) is 17.9 Å². The van der Waals surface area contributed by atoms with E-state index in [4.69, 9.17) is 4.74 Å². The van der Waals surface area contributed by atoms with Crippen LogP contribution in [0.1, 0.15) is 50.3 Å². The van der Waals surface area contributed by atoms with E-state index >= 15 is 0 Å². The molecule has 3 aromatic carbocycles. The number of nitrogens with zero attached hydrogens (tertiary/aromatic N) is 1. The highest BCUT2D eigenvalue weighted by molar-refractivity contribution is 7.92. The number of carbonyl (C=O) groups is 1. The van der Waals surface area contributed by atoms with Crippen LogP contribution in [0.3, 0.4) is 0 Å². The van der Waals surface area contributed by atoms with Crippen LogP contribution in [0.15, 0.2) is 83.8 Å². The number of aryl methyl sites for hydroxylation is 1. The number of carbonyl (C=O) groups excluding carboxylic acids is 1. The van der Waals surface area contributed by atoms with Crippen molar-refractivity contribution in [2.45, 2.75) is 56.6 Å². The number of hydrogen-bond donors (Lipinski definition) is 1. The van der Waals surface area contributed by atoms with Gasteiger partial charge in [0, 0.05) is 12.0 Å². The number of nitrogens with one attached hydrogen (secondary N) is 1. The van der Waals surface area contributed by atoms with Gasteiger partial charge in [-0.2, -0.15) is 0 Å². The molecule has 0 unspecified atom stereocenters. The number of sulfonamides is 1. The molecule has 6 nitrogen and oxygen atoms in total. The molecule has 1 heterocycles. The summed E-state index contributed by atoms with van der Waals surface area (Å²) in [5.74, 6) is 0.396. The van der Waals surface area contributed by atoms with Crippen molar-refractivity contribution >= 4 is 21.6 Å². The lowest BCUT2D eigenvalue weighted by atomic mass is 9.83. The molecule has 0 fully saturated rings. The lowest BCUT2D eigenvalue weighted by molar-refractivity contribution is -0.121. The number of hydrogen-bond acceptors (Lipinski definition) is 4. The van der Waals surface area contributed by atoms with Crippen LogP contribution >= 0.6 is 0 Å². The number of anilines is 1. The standard InChI is InChI=1S/C28H32N2O4S/c1-4-28(5-2)19-25(24-13-9-10-14-26(24)34-28)29-27(31)20-30(22-17-15-21(3)16-18-22)35(32,33)23-11-7-6-8-12-23/h6-18,25H,4-5,19-20H2,1-3H3,(H,29,31)/t25-/m0/s1. The fourth-order valence-corrected chi connectivity index (χ4v) is 5.99. The minimum Gasteiger partial charge on any atom is -0.487 e. The zero-order valence-corrected chi connectivity index (χ0v) is 21.2. The second kappa shape index (κ2) is 10.1. The van der Waals surface area contributed by atoms with Crippen LogP contribution in [0.2, 0.25) is 0 Å². The third-order valence-electron chi connectivity index (χ3n) is 6.76. The highest BCUT2D eigenvalue weighted by Crippen LogP contribution is 2.42. The van der Waals surface area contributed by atoms with Crippen molar-refractivity contribution in [3.05, 3.63) is 90.0 Å². The van der Waals surface area contributed by atoms with Crippen molar-refractivity contribution in [2.24, 2.45) is 0 Å². The van der Waals surface area contributed by atoms with Gasteiger partial charge in [-0.3, -0.25) is 9.10 Å². The fraction of sp³-hybridized carbons (Fsp3) is 0.321. The molecule has 184 valence electrons. The van der Waals surface area contributed by atoms with Crippen molar-refractivity contribution in [1.82, 2.24) is 5.32 Å². The highest BCUT2D eigenvalue weighted by atomic mass is 32.2. The van der Waals surface area contributed by atoms with E-state index in [1.165, 1.54) is 4.31 Å². The third-order valence-corrected chi connectivity index (χ3v) is 8.55. The van der Waals surface area contributed by atoms with Crippen molar-refractivity contribution in [2.75, 3.05) is 10.8 Å². The SMILES string of the molecule is CCC1(CC)C[C@H](NC(=O)CN(c2ccc(C)cc2)S(=O)(=O)c2ccccc2)c2ccccc2O1. The number of amides is 1. The average Bonchev–Trinajstić information content (AvgIpc) is 2.88. The summed E-state index contributed by atoms with van der Waals surface area (Å²) in [6.07, 6.45) is 2.24. The van der Waals surface area contributed by atoms with Crippen LogP contribution in [-0.2, 0) is 14.8 Å². The van der Waals surface area contributed by atoms with Crippen LogP contribution in [0.5, 0.6) is 5.75 Å². The van der Waals surface area contributed by atoms with Gasteiger partial charge in [0.25, 0.3) is 10.0 Å². The van der Waals surface area contributed by atoms with Crippen LogP contribution < -0.4 is 14.4 Å². The highest BCUT2D eigenvalue weighted by Gasteiger charge is 2.39. The Hall–Kier alpha value is -3.32. The Kier molecular flexibility index (Phi) is 7.17. The summed E-state index contributed by atoms with van der Waals surface area (Å²) in [6, 6.07) is 22.8. The Balaban J connectivity index is 1.64. The minimum absolute atomic E-state index is 0.140. The van der Waals surface area contributed by atoms with E-state index in [2.05, 4.69) is 19.2 Å². The summed E-state index contributed by atoms with van der Waals surface area (Å²) in [5, 5.41) is 3.11. The first-order chi connectivity index (χ1) is 16.8. The van der Waals surface area contributed by atoms with E-state index < -0.39 is 10.0 Å². The Bertz CT molecular complexity index is 1270. The number of ether oxygens (including phenoxy) is 1. The van der Waals surface area contributed by atoms with Gasteiger partial charge in [-0.15, -0.1) is 0 Å². The van der Waals surface area contributed by atoms with Gasteiger partial charge in [0.2, 0.25) is 5.91 Å². The van der Waals surface area contributed by atoms with E-state index in [0.29, 0.717) is 12.1 Å². The second-order valence-corrected chi connectivity index (χ2v) is 10.9. The monoisotopic (exact) mass is 492 g/mol. The maximum Gasteiger partial charge on any atom is 0.264 e. The van der Waals surface area contributed by atoms with Crippen molar-refractivity contribution in [1.29, 1.82) is 0 Å². The normalized spacial score (nSPS) is 16.6. The number of para-hydroxylation sites is 1. The summed E-state index contributed by atoms with van der Waals surface area (Å²) in [6.45, 7) is 5.78. The molecule has 0 radical (unpaired) electrons. The molecule has 7 heteroatoms. The van der Waals surface area contributed by atoms with E-state index in [0.717, 1.165) is 29.7 Å². The topological polar surface area (TPSA) is 75.7 Å². The lowest BCUT2D eigenvalue weighted by Crippen LogP contribution is -2.47. The first-order valence-electron chi connectivity index (χ1n) is 12.0. The van der Waals surface area contributed by atoms with E-state index in [1.54, 1.807) is 42.5 Å². The van der Waals surface area contributed by atoms with Crippen molar-refractivity contribution in [3.8, 4) is 5.75 Å². The van der Waals surface area contributed by atoms with Gasteiger partial charge < -0.3 is 10.1 Å². The Morgan fingerprint density at radius 2 is 1.60 bits per heavy atom. The van der Waals surface area contributed by atoms with E-state index in [1.807, 2.05) is 43.3 Å². The van der Waals surface area contributed by atoms with Crippen molar-refractivity contribution in [3.63, 3.8) is 0 Å². The smallest absolute Gasteiger partial charge is 0.264 e. The van der Waals surface area contributed by atoms with Crippen molar-refractivity contribution < 1.29 is 17.9 Å². The maximum absolute atomic E-state index is 13.6. The second-order valence-electron chi connectivity index (χ2n) is 9.01.